The molecule has 0 radical (unpaired) electrons. The van der Waals surface area contributed by atoms with Gasteiger partial charge in [0.05, 0.1) is 11.6 Å². The van der Waals surface area contributed by atoms with Gasteiger partial charge in [0.2, 0.25) is 0 Å². The summed E-state index contributed by atoms with van der Waals surface area (Å²) in [6, 6.07) is 4.20. The molecule has 0 aliphatic heterocycles. The third kappa shape index (κ3) is 3.65. The summed E-state index contributed by atoms with van der Waals surface area (Å²) < 4.78 is 43.2. The Morgan fingerprint density at radius 2 is 2.10 bits per heavy atom. The lowest BCUT2D eigenvalue weighted by molar-refractivity contribution is -0.141. The molecule has 0 unspecified atom stereocenters. The zero-order valence-corrected chi connectivity index (χ0v) is 12.3. The van der Waals surface area contributed by atoms with E-state index < -0.39 is 18.6 Å². The van der Waals surface area contributed by atoms with Gasteiger partial charge in [-0.2, -0.15) is 13.2 Å². The molecule has 1 aromatic carbocycles. The number of ether oxygens (including phenoxy) is 1. The summed E-state index contributed by atoms with van der Waals surface area (Å²) >= 11 is 3.22. The molecule has 0 N–H and O–H groups in total. The molecule has 1 amide bonds. The van der Waals surface area contributed by atoms with Crippen molar-refractivity contribution in [2.45, 2.75) is 25.1 Å². The van der Waals surface area contributed by atoms with Gasteiger partial charge in [0.1, 0.15) is 12.3 Å². The van der Waals surface area contributed by atoms with Crippen LogP contribution >= 0.6 is 15.9 Å². The Balaban J connectivity index is 2.21. The van der Waals surface area contributed by atoms with Gasteiger partial charge in [0, 0.05) is 11.6 Å². The van der Waals surface area contributed by atoms with E-state index in [0.717, 1.165) is 4.90 Å². The van der Waals surface area contributed by atoms with Crippen molar-refractivity contribution in [2.24, 2.45) is 0 Å². The minimum absolute atomic E-state index is 0.217. The molecule has 3 nitrogen and oxygen atoms in total. The summed E-state index contributed by atoms with van der Waals surface area (Å²) in [5, 5.41) is 0. The number of amides is 1. The van der Waals surface area contributed by atoms with Crippen LogP contribution in [0.1, 0.15) is 23.2 Å². The molecule has 1 saturated carbocycles. The van der Waals surface area contributed by atoms with E-state index in [0.29, 0.717) is 23.1 Å². The lowest BCUT2D eigenvalue weighted by Gasteiger charge is -2.24. The van der Waals surface area contributed by atoms with E-state index in [1.165, 1.54) is 19.2 Å². The van der Waals surface area contributed by atoms with Crippen molar-refractivity contribution in [1.82, 2.24) is 4.90 Å². The Hall–Kier alpha value is -1.24. The maximum atomic E-state index is 12.5. The van der Waals surface area contributed by atoms with Crippen LogP contribution in [0.4, 0.5) is 13.2 Å². The van der Waals surface area contributed by atoms with Crippen molar-refractivity contribution in [1.29, 1.82) is 0 Å². The fraction of sp³-hybridized carbons (Fsp3) is 0.462. The maximum absolute atomic E-state index is 12.5. The Bertz CT molecular complexity index is 515. The second kappa shape index (κ2) is 5.63. The minimum Gasteiger partial charge on any atom is -0.496 e. The molecule has 0 bridgehead atoms. The molecule has 0 spiro atoms. The summed E-state index contributed by atoms with van der Waals surface area (Å²) in [4.78, 5) is 13.1. The molecular formula is C13H13BrF3NO2. The Morgan fingerprint density at radius 3 is 2.55 bits per heavy atom. The van der Waals surface area contributed by atoms with Gasteiger partial charge < -0.3 is 9.64 Å². The first-order valence-corrected chi connectivity index (χ1v) is 6.82. The molecule has 0 aromatic heterocycles. The number of halogens is 4. The monoisotopic (exact) mass is 351 g/mol. The molecule has 20 heavy (non-hydrogen) atoms. The highest BCUT2D eigenvalue weighted by Gasteiger charge is 2.40. The van der Waals surface area contributed by atoms with Crippen molar-refractivity contribution in [2.75, 3.05) is 13.7 Å². The second-order valence-electron chi connectivity index (χ2n) is 4.63. The fourth-order valence-electron chi connectivity index (χ4n) is 1.91. The summed E-state index contributed by atoms with van der Waals surface area (Å²) in [6.07, 6.45) is -3.14. The van der Waals surface area contributed by atoms with Crippen LogP contribution in [0.15, 0.2) is 22.7 Å². The third-order valence-corrected chi connectivity index (χ3v) is 3.62. The highest BCUT2D eigenvalue weighted by molar-refractivity contribution is 9.10. The van der Waals surface area contributed by atoms with E-state index >= 15 is 0 Å². The van der Waals surface area contributed by atoms with Gasteiger partial charge in [0.15, 0.2) is 0 Å². The molecule has 1 aliphatic carbocycles. The quantitative estimate of drug-likeness (QED) is 0.828. The van der Waals surface area contributed by atoms with E-state index in [4.69, 9.17) is 4.74 Å². The van der Waals surface area contributed by atoms with Gasteiger partial charge in [-0.25, -0.2) is 0 Å². The Morgan fingerprint density at radius 1 is 1.45 bits per heavy atom. The molecule has 110 valence electrons. The molecule has 1 fully saturated rings. The predicted molar refractivity (Wildman–Crippen MR) is 70.8 cm³/mol. The van der Waals surface area contributed by atoms with E-state index in [9.17, 15) is 18.0 Å². The van der Waals surface area contributed by atoms with Crippen LogP contribution in [0.3, 0.4) is 0 Å². The predicted octanol–water partition coefficient (Wildman–Crippen LogP) is 3.62. The lowest BCUT2D eigenvalue weighted by Crippen LogP contribution is -2.40. The molecule has 0 saturated heterocycles. The maximum Gasteiger partial charge on any atom is 0.406 e. The summed E-state index contributed by atoms with van der Waals surface area (Å²) in [6.45, 7) is -1.21. The number of benzene rings is 1. The van der Waals surface area contributed by atoms with Crippen molar-refractivity contribution < 1.29 is 22.7 Å². The normalized spacial score (nSPS) is 15.1. The number of hydrogen-bond donors (Lipinski definition) is 0. The molecule has 2 rings (SSSR count). The van der Waals surface area contributed by atoms with Crippen LogP contribution in [-0.4, -0.2) is 36.7 Å². The second-order valence-corrected chi connectivity index (χ2v) is 5.48. The molecule has 0 atom stereocenters. The van der Waals surface area contributed by atoms with Crippen LogP contribution in [0.5, 0.6) is 5.75 Å². The van der Waals surface area contributed by atoms with Gasteiger partial charge in [-0.1, -0.05) is 0 Å². The number of nitrogens with zero attached hydrogens (tertiary/aromatic N) is 1. The van der Waals surface area contributed by atoms with E-state index in [1.807, 2.05) is 0 Å². The zero-order chi connectivity index (χ0) is 14.9. The topological polar surface area (TPSA) is 29.5 Å². The molecule has 1 aliphatic rings. The summed E-state index contributed by atoms with van der Waals surface area (Å²) in [7, 11) is 1.47. The molecule has 1 aromatic rings. The van der Waals surface area contributed by atoms with E-state index in [-0.39, 0.29) is 11.6 Å². The zero-order valence-electron chi connectivity index (χ0n) is 10.7. The molecular weight excluding hydrogens is 339 g/mol. The third-order valence-electron chi connectivity index (χ3n) is 3.00. The van der Waals surface area contributed by atoms with Crippen LogP contribution in [0.2, 0.25) is 0 Å². The lowest BCUT2D eigenvalue weighted by atomic mass is 10.2. The van der Waals surface area contributed by atoms with Gasteiger partial charge in [-0.05, 0) is 47.0 Å². The summed E-state index contributed by atoms with van der Waals surface area (Å²) in [5.41, 5.74) is 0.217. The van der Waals surface area contributed by atoms with Gasteiger partial charge >= 0.3 is 6.18 Å². The first-order valence-electron chi connectivity index (χ1n) is 6.03. The van der Waals surface area contributed by atoms with Gasteiger partial charge in [-0.3, -0.25) is 4.79 Å². The highest BCUT2D eigenvalue weighted by Crippen LogP contribution is 2.32. The van der Waals surface area contributed by atoms with Crippen molar-refractivity contribution in [3.05, 3.63) is 28.2 Å². The largest absolute Gasteiger partial charge is 0.496 e. The van der Waals surface area contributed by atoms with Crippen LogP contribution in [0.25, 0.3) is 0 Å². The van der Waals surface area contributed by atoms with Crippen LogP contribution in [-0.2, 0) is 0 Å². The first kappa shape index (κ1) is 15.2. The number of carbonyl (C=O) groups excluding carboxylic acids is 1. The minimum atomic E-state index is -4.39. The average Bonchev–Trinajstić information content (AvgIpc) is 3.18. The van der Waals surface area contributed by atoms with Crippen molar-refractivity contribution in [3.63, 3.8) is 0 Å². The average molecular weight is 352 g/mol. The van der Waals surface area contributed by atoms with Crippen LogP contribution < -0.4 is 4.74 Å². The number of alkyl halides is 3. The molecule has 7 heteroatoms. The van der Waals surface area contributed by atoms with Gasteiger partial charge in [-0.15, -0.1) is 0 Å². The Kier molecular flexibility index (Phi) is 4.27. The smallest absolute Gasteiger partial charge is 0.406 e. The standard InChI is InChI=1S/C13H13BrF3NO2/c1-20-11-5-2-8(6-10(11)14)12(19)18(9-3-4-9)7-13(15,16)17/h2,5-6,9H,3-4,7H2,1H3. The Labute approximate surface area is 122 Å². The molecule has 0 heterocycles. The summed E-state index contributed by atoms with van der Waals surface area (Å²) in [5.74, 6) is -0.0801. The highest BCUT2D eigenvalue weighted by atomic mass is 79.9. The van der Waals surface area contributed by atoms with Crippen LogP contribution in [0, 0.1) is 0 Å². The van der Waals surface area contributed by atoms with E-state index in [2.05, 4.69) is 15.9 Å². The number of methoxy groups -OCH3 is 1. The fourth-order valence-corrected chi connectivity index (χ4v) is 2.45. The van der Waals surface area contributed by atoms with E-state index in [1.54, 1.807) is 6.07 Å². The van der Waals surface area contributed by atoms with Crippen molar-refractivity contribution in [3.8, 4) is 5.75 Å². The first-order chi connectivity index (χ1) is 9.31. The van der Waals surface area contributed by atoms with Crippen molar-refractivity contribution >= 4 is 21.8 Å². The van der Waals surface area contributed by atoms with Gasteiger partial charge in [0.25, 0.3) is 5.91 Å². The number of carbonyl (C=O) groups is 1. The number of rotatable bonds is 4. The SMILES string of the molecule is COc1ccc(C(=O)N(CC(F)(F)F)C2CC2)cc1Br. The number of hydrogen-bond acceptors (Lipinski definition) is 2.